The van der Waals surface area contributed by atoms with Crippen LogP contribution in [0.4, 0.5) is 10.7 Å². The zero-order valence-corrected chi connectivity index (χ0v) is 26.7. The number of carbonyl (C=O) groups excluding carboxylic acids is 3. The molecule has 3 aromatic rings. The molecule has 1 aliphatic rings. The standard InChI is InChI=1S/C33H38N2O6S2/c1-6-25(42-21-12-10-11-20(18-21)34-28(36)22-13-8-9-14-23(22)31(38)39)29(37)35-30-27(32(40)41-7-2)24-16-15-19(33(3,4)5)17-26(24)43-30/h8-14,18-19,25H,6-7,15-17H2,1-5H3,(H,34,36)(H,35,37)(H,38,39). The van der Waals surface area contributed by atoms with E-state index in [0.717, 1.165) is 34.6 Å². The van der Waals surface area contributed by atoms with Gasteiger partial charge in [0, 0.05) is 15.5 Å². The summed E-state index contributed by atoms with van der Waals surface area (Å²) in [6.45, 7) is 10.7. The van der Waals surface area contributed by atoms with Gasteiger partial charge < -0.3 is 20.5 Å². The van der Waals surface area contributed by atoms with Gasteiger partial charge in [0.1, 0.15) is 5.00 Å². The Labute approximate surface area is 260 Å². The molecule has 2 aromatic carbocycles. The zero-order valence-electron chi connectivity index (χ0n) is 25.1. The van der Waals surface area contributed by atoms with Gasteiger partial charge in [0.2, 0.25) is 5.91 Å². The van der Waals surface area contributed by atoms with Gasteiger partial charge in [0.15, 0.2) is 0 Å². The van der Waals surface area contributed by atoms with E-state index in [-0.39, 0.29) is 29.1 Å². The van der Waals surface area contributed by atoms with Gasteiger partial charge >= 0.3 is 11.9 Å². The van der Waals surface area contributed by atoms with Crippen LogP contribution in [-0.2, 0) is 22.4 Å². The topological polar surface area (TPSA) is 122 Å². The molecule has 0 fully saturated rings. The zero-order chi connectivity index (χ0) is 31.3. The second-order valence-electron chi connectivity index (χ2n) is 11.6. The lowest BCUT2D eigenvalue weighted by Crippen LogP contribution is -2.27. The van der Waals surface area contributed by atoms with E-state index in [2.05, 4.69) is 31.4 Å². The Kier molecular flexibility index (Phi) is 10.3. The van der Waals surface area contributed by atoms with E-state index in [9.17, 15) is 24.3 Å². The molecule has 0 saturated carbocycles. The molecule has 1 heterocycles. The van der Waals surface area contributed by atoms with Crippen molar-refractivity contribution in [2.24, 2.45) is 11.3 Å². The minimum Gasteiger partial charge on any atom is -0.478 e. The molecule has 8 nitrogen and oxygen atoms in total. The Morgan fingerprint density at radius 1 is 1.05 bits per heavy atom. The maximum Gasteiger partial charge on any atom is 0.341 e. The Morgan fingerprint density at radius 2 is 1.77 bits per heavy atom. The number of carboxylic acids is 1. The van der Waals surface area contributed by atoms with Crippen molar-refractivity contribution in [1.29, 1.82) is 0 Å². The molecule has 0 spiro atoms. The van der Waals surface area contributed by atoms with E-state index in [4.69, 9.17) is 4.74 Å². The summed E-state index contributed by atoms with van der Waals surface area (Å²) in [5.41, 5.74) is 2.08. The lowest BCUT2D eigenvalue weighted by Gasteiger charge is -2.33. The lowest BCUT2D eigenvalue weighted by molar-refractivity contribution is -0.115. The largest absolute Gasteiger partial charge is 0.478 e. The third kappa shape index (κ3) is 7.67. The Morgan fingerprint density at radius 3 is 2.42 bits per heavy atom. The van der Waals surface area contributed by atoms with E-state index in [1.54, 1.807) is 37.3 Å². The Bertz CT molecular complexity index is 1520. The predicted molar refractivity (Wildman–Crippen MR) is 172 cm³/mol. The molecule has 1 aliphatic carbocycles. The van der Waals surface area contributed by atoms with Gasteiger partial charge in [-0.25, -0.2) is 9.59 Å². The first-order valence-electron chi connectivity index (χ1n) is 14.5. The summed E-state index contributed by atoms with van der Waals surface area (Å²) >= 11 is 2.83. The number of anilines is 2. The first-order chi connectivity index (χ1) is 20.4. The molecule has 2 amide bonds. The molecule has 0 aliphatic heterocycles. The summed E-state index contributed by atoms with van der Waals surface area (Å²) in [6.07, 6.45) is 3.16. The maximum atomic E-state index is 13.6. The van der Waals surface area contributed by atoms with Gasteiger partial charge in [-0.2, -0.15) is 0 Å². The molecule has 43 heavy (non-hydrogen) atoms. The first-order valence-corrected chi connectivity index (χ1v) is 16.1. The quantitative estimate of drug-likeness (QED) is 0.158. The molecule has 0 radical (unpaired) electrons. The van der Waals surface area contributed by atoms with Crippen LogP contribution in [0.15, 0.2) is 53.4 Å². The number of thioether (sulfide) groups is 1. The summed E-state index contributed by atoms with van der Waals surface area (Å²) < 4.78 is 5.39. The van der Waals surface area contributed by atoms with Crippen molar-refractivity contribution in [1.82, 2.24) is 0 Å². The molecule has 1 aromatic heterocycles. The smallest absolute Gasteiger partial charge is 0.341 e. The van der Waals surface area contributed by atoms with Gasteiger partial charge in [-0.05, 0) is 79.8 Å². The number of carboxylic acid groups (broad SMARTS) is 1. The number of benzene rings is 2. The number of aromatic carboxylic acids is 1. The summed E-state index contributed by atoms with van der Waals surface area (Å²) in [4.78, 5) is 52.9. The molecule has 10 heteroatoms. The maximum absolute atomic E-state index is 13.6. The molecular formula is C33H38N2O6S2. The van der Waals surface area contributed by atoms with E-state index in [0.29, 0.717) is 28.6 Å². The van der Waals surface area contributed by atoms with Crippen LogP contribution in [0, 0.1) is 11.3 Å². The first kappa shape index (κ1) is 32.3. The van der Waals surface area contributed by atoms with Gasteiger partial charge in [0.25, 0.3) is 5.91 Å². The van der Waals surface area contributed by atoms with Gasteiger partial charge in [-0.15, -0.1) is 23.1 Å². The predicted octanol–water partition coefficient (Wildman–Crippen LogP) is 7.54. The van der Waals surface area contributed by atoms with E-state index in [1.807, 2.05) is 13.0 Å². The van der Waals surface area contributed by atoms with Crippen LogP contribution in [0.3, 0.4) is 0 Å². The minimum absolute atomic E-state index is 0.0590. The molecule has 0 bridgehead atoms. The van der Waals surface area contributed by atoms with Crippen LogP contribution in [0.2, 0.25) is 0 Å². The van der Waals surface area contributed by atoms with Crippen molar-refractivity contribution in [3.05, 3.63) is 75.7 Å². The number of fused-ring (bicyclic) bond motifs is 1. The molecule has 0 saturated heterocycles. The fraction of sp³-hybridized carbons (Fsp3) is 0.394. The highest BCUT2D eigenvalue weighted by atomic mass is 32.2. The highest BCUT2D eigenvalue weighted by Crippen LogP contribution is 2.45. The number of esters is 1. The monoisotopic (exact) mass is 622 g/mol. The molecule has 2 atom stereocenters. The summed E-state index contributed by atoms with van der Waals surface area (Å²) in [5.74, 6) is -1.85. The van der Waals surface area contributed by atoms with Crippen LogP contribution in [0.25, 0.3) is 0 Å². The SMILES string of the molecule is CCOC(=O)c1c(NC(=O)C(CC)Sc2cccc(NC(=O)c3ccccc3C(=O)O)c2)sc2c1CCC(C(C)(C)C)C2. The summed E-state index contributed by atoms with van der Waals surface area (Å²) in [5, 5.41) is 15.3. The third-order valence-electron chi connectivity index (χ3n) is 7.64. The second kappa shape index (κ2) is 13.8. The summed E-state index contributed by atoms with van der Waals surface area (Å²) in [7, 11) is 0. The Balaban J connectivity index is 1.51. The number of hydrogen-bond acceptors (Lipinski definition) is 7. The molecule has 228 valence electrons. The number of hydrogen-bond donors (Lipinski definition) is 3. The van der Waals surface area contributed by atoms with Crippen molar-refractivity contribution in [3.8, 4) is 0 Å². The number of thiophene rings is 1. The van der Waals surface area contributed by atoms with E-state index in [1.165, 1.54) is 35.2 Å². The van der Waals surface area contributed by atoms with Gasteiger partial charge in [-0.3, -0.25) is 9.59 Å². The third-order valence-corrected chi connectivity index (χ3v) is 10.2. The average Bonchev–Trinajstić information content (AvgIpc) is 3.32. The van der Waals surface area contributed by atoms with E-state index >= 15 is 0 Å². The van der Waals surface area contributed by atoms with Crippen LogP contribution in [0.5, 0.6) is 0 Å². The van der Waals surface area contributed by atoms with Crippen molar-refractivity contribution in [2.75, 3.05) is 17.2 Å². The normalized spacial score (nSPS) is 15.2. The van der Waals surface area contributed by atoms with Crippen LogP contribution in [-0.4, -0.2) is 40.7 Å². The fourth-order valence-corrected chi connectivity index (χ4v) is 7.56. The highest BCUT2D eigenvalue weighted by Gasteiger charge is 2.35. The van der Waals surface area contributed by atoms with E-state index < -0.39 is 23.1 Å². The number of rotatable bonds is 10. The van der Waals surface area contributed by atoms with Crippen molar-refractivity contribution in [2.45, 2.75) is 70.4 Å². The van der Waals surface area contributed by atoms with Crippen molar-refractivity contribution in [3.63, 3.8) is 0 Å². The molecule has 3 N–H and O–H groups in total. The minimum atomic E-state index is -1.18. The number of carbonyl (C=O) groups is 4. The second-order valence-corrected chi connectivity index (χ2v) is 14.0. The van der Waals surface area contributed by atoms with Gasteiger partial charge in [0.05, 0.1) is 28.5 Å². The molecule has 2 unspecified atom stereocenters. The van der Waals surface area contributed by atoms with Gasteiger partial charge in [-0.1, -0.05) is 45.9 Å². The van der Waals surface area contributed by atoms with Crippen molar-refractivity contribution >= 4 is 57.5 Å². The van der Waals surface area contributed by atoms with Crippen LogP contribution >= 0.6 is 23.1 Å². The molecular weight excluding hydrogens is 585 g/mol. The van der Waals surface area contributed by atoms with Crippen LogP contribution < -0.4 is 10.6 Å². The van der Waals surface area contributed by atoms with Crippen molar-refractivity contribution < 1.29 is 29.0 Å². The fourth-order valence-electron chi connectivity index (χ4n) is 5.22. The van der Waals surface area contributed by atoms with Crippen LogP contribution in [0.1, 0.15) is 89.0 Å². The number of nitrogens with one attached hydrogen (secondary N) is 2. The average molecular weight is 623 g/mol. The number of amides is 2. The number of ether oxygens (including phenoxy) is 1. The molecule has 4 rings (SSSR count). The summed E-state index contributed by atoms with van der Waals surface area (Å²) in [6, 6.07) is 13.1. The Hall–Kier alpha value is -3.63. The lowest BCUT2D eigenvalue weighted by atomic mass is 9.72. The highest BCUT2D eigenvalue weighted by molar-refractivity contribution is 8.00.